The molecule has 0 bridgehead atoms. The van der Waals surface area contributed by atoms with Crippen LogP contribution in [0.25, 0.3) is 11.2 Å². The monoisotopic (exact) mass is 601 g/mol. The van der Waals surface area contributed by atoms with Gasteiger partial charge in [-0.3, -0.25) is 19.5 Å². The molecule has 0 radical (unpaired) electrons. The fourth-order valence-corrected chi connectivity index (χ4v) is 5.56. The number of hydrogen-bond donors (Lipinski definition) is 1. The number of carbonyl (C=O) groups is 3. The Bertz CT molecular complexity index is 1290. The summed E-state index contributed by atoms with van der Waals surface area (Å²) in [6, 6.07) is 0. The van der Waals surface area contributed by atoms with Gasteiger partial charge >= 0.3 is 18.0 Å². The lowest BCUT2D eigenvalue weighted by molar-refractivity contribution is -0.187. The normalized spacial score (nSPS) is 31.3. The Hall–Kier alpha value is -3.06. The molecule has 35 heavy (non-hydrogen) atoms. The highest BCUT2D eigenvalue weighted by atomic mass is 127. The number of nitrogens with one attached hydrogen (secondary N) is 1. The molecule has 2 aromatic heterocycles. The SMILES string of the molecule is C#C[C@]1(OC(C)=O)[C@H](n2cnc3c(NC(=O)OC(C)(C)C)ncnc32)O[C@]2(F)C(I)[C@]12OC(C)=O. The number of nitrogens with zero attached hydrogens (tertiary/aromatic N) is 4. The van der Waals surface area contributed by atoms with Crippen molar-refractivity contribution in [3.05, 3.63) is 12.7 Å². The molecule has 1 amide bonds. The minimum atomic E-state index is -2.56. The molecule has 1 unspecified atom stereocenters. The van der Waals surface area contributed by atoms with E-state index in [-0.39, 0.29) is 17.0 Å². The summed E-state index contributed by atoms with van der Waals surface area (Å²) in [4.78, 5) is 48.6. The number of imidazole rings is 1. The Labute approximate surface area is 212 Å². The average molecular weight is 601 g/mol. The molecule has 12 nitrogen and oxygen atoms in total. The quantitative estimate of drug-likeness (QED) is 0.183. The predicted molar refractivity (Wildman–Crippen MR) is 125 cm³/mol. The van der Waals surface area contributed by atoms with Gasteiger partial charge in [0, 0.05) is 13.8 Å². The van der Waals surface area contributed by atoms with Crippen molar-refractivity contribution in [2.75, 3.05) is 5.32 Å². The first kappa shape index (κ1) is 25.0. The number of rotatable bonds is 4. The van der Waals surface area contributed by atoms with Crippen LogP contribution in [0.5, 0.6) is 0 Å². The Kier molecular flexibility index (Phi) is 5.71. The summed E-state index contributed by atoms with van der Waals surface area (Å²) in [6.45, 7) is 7.24. The molecule has 4 rings (SSSR count). The van der Waals surface area contributed by atoms with Crippen LogP contribution in [0.4, 0.5) is 15.0 Å². The van der Waals surface area contributed by atoms with Gasteiger partial charge in [0.25, 0.3) is 11.5 Å². The minimum Gasteiger partial charge on any atom is -0.446 e. The lowest BCUT2D eigenvalue weighted by Crippen LogP contribution is -2.54. The van der Waals surface area contributed by atoms with E-state index in [1.54, 1.807) is 43.4 Å². The van der Waals surface area contributed by atoms with Crippen LogP contribution in [0.3, 0.4) is 0 Å². The van der Waals surface area contributed by atoms with Crippen molar-refractivity contribution < 1.29 is 37.7 Å². The summed E-state index contributed by atoms with van der Waals surface area (Å²) in [6.07, 6.45) is 5.82. The van der Waals surface area contributed by atoms with Crippen LogP contribution in [0.2, 0.25) is 0 Å². The fraction of sp³-hybridized carbons (Fsp3) is 0.524. The highest BCUT2D eigenvalue weighted by molar-refractivity contribution is 14.1. The number of alkyl halides is 2. The number of esters is 2. The predicted octanol–water partition coefficient (Wildman–Crippen LogP) is 2.42. The molecule has 5 atom stereocenters. The number of aromatic nitrogens is 4. The zero-order valence-electron chi connectivity index (χ0n) is 19.3. The largest absolute Gasteiger partial charge is 0.446 e. The number of halogens is 2. The van der Waals surface area contributed by atoms with Gasteiger partial charge in [-0.25, -0.2) is 24.1 Å². The van der Waals surface area contributed by atoms with E-state index >= 15 is 4.39 Å². The molecule has 3 heterocycles. The molecular formula is C21H21FIN5O7. The smallest absolute Gasteiger partial charge is 0.413 e. The summed E-state index contributed by atoms with van der Waals surface area (Å²) < 4.78 is 37.8. The van der Waals surface area contributed by atoms with E-state index in [0.29, 0.717) is 0 Å². The standard InChI is InChI=1S/C21H21FIN5O7/c1-7-19(32-10(2)29)16(34-21(22)15(23)20(19,21)33-11(3)30)28-9-26-12-13(24-8-25-14(12)28)27-17(31)35-18(4,5)6/h1,8-9,15-16H,2-6H3,(H,24,25,27,31)/t15?,16-,19+,20+,21-/m1/s1. The summed E-state index contributed by atoms with van der Waals surface area (Å²) in [5.74, 6) is -1.95. The van der Waals surface area contributed by atoms with Crippen LogP contribution in [0.15, 0.2) is 12.7 Å². The third-order valence-electron chi connectivity index (χ3n) is 5.34. The number of fused-ring (bicyclic) bond motifs is 2. The van der Waals surface area contributed by atoms with E-state index in [0.717, 1.165) is 20.2 Å². The molecular weight excluding hydrogens is 580 g/mol. The van der Waals surface area contributed by atoms with Crippen LogP contribution in [0, 0.1) is 12.3 Å². The van der Waals surface area contributed by atoms with Gasteiger partial charge in [0.2, 0.25) is 5.60 Å². The van der Waals surface area contributed by atoms with Gasteiger partial charge in [0.15, 0.2) is 23.2 Å². The number of carbonyl (C=O) groups excluding carboxylic acids is 3. The molecule has 2 fully saturated rings. The van der Waals surface area contributed by atoms with E-state index in [4.69, 9.17) is 25.4 Å². The van der Waals surface area contributed by atoms with Gasteiger partial charge < -0.3 is 18.9 Å². The Morgan fingerprint density at radius 3 is 2.46 bits per heavy atom. The number of anilines is 1. The van der Waals surface area contributed by atoms with Crippen molar-refractivity contribution in [1.82, 2.24) is 19.5 Å². The fourth-order valence-electron chi connectivity index (χ4n) is 4.12. The van der Waals surface area contributed by atoms with Gasteiger partial charge in [-0.15, -0.1) is 6.42 Å². The lowest BCUT2D eigenvalue weighted by atomic mass is 9.93. The third-order valence-corrected chi connectivity index (χ3v) is 7.02. The molecule has 2 aliphatic rings. The number of hydrogen-bond acceptors (Lipinski definition) is 10. The van der Waals surface area contributed by atoms with Crippen LogP contribution in [0.1, 0.15) is 40.8 Å². The van der Waals surface area contributed by atoms with Gasteiger partial charge in [0.05, 0.1) is 6.33 Å². The molecule has 0 spiro atoms. The highest BCUT2D eigenvalue weighted by Gasteiger charge is 2.98. The van der Waals surface area contributed by atoms with Gasteiger partial charge in [-0.05, 0) is 26.7 Å². The average Bonchev–Trinajstić information content (AvgIpc) is 3.04. The van der Waals surface area contributed by atoms with E-state index in [9.17, 15) is 14.4 Å². The molecule has 0 aromatic carbocycles. The van der Waals surface area contributed by atoms with Crippen molar-refractivity contribution in [1.29, 1.82) is 0 Å². The van der Waals surface area contributed by atoms with Crippen molar-refractivity contribution in [2.24, 2.45) is 0 Å². The van der Waals surface area contributed by atoms with Crippen LogP contribution >= 0.6 is 22.6 Å². The molecule has 1 N–H and O–H groups in total. The van der Waals surface area contributed by atoms with E-state index in [2.05, 4.69) is 26.2 Å². The van der Waals surface area contributed by atoms with E-state index in [1.165, 1.54) is 10.9 Å². The maximum Gasteiger partial charge on any atom is 0.413 e. The Morgan fingerprint density at radius 1 is 1.23 bits per heavy atom. The van der Waals surface area contributed by atoms with Crippen molar-refractivity contribution in [3.8, 4) is 12.3 Å². The number of terminal acetylenes is 1. The lowest BCUT2D eigenvalue weighted by Gasteiger charge is -2.35. The summed E-state index contributed by atoms with van der Waals surface area (Å²) in [5.41, 5.74) is -4.92. The maximum atomic E-state index is 15.9. The molecule has 1 saturated heterocycles. The first-order valence-electron chi connectivity index (χ1n) is 10.3. The summed E-state index contributed by atoms with van der Waals surface area (Å²) in [5, 5.41) is 2.48. The summed E-state index contributed by atoms with van der Waals surface area (Å²) in [7, 11) is 0. The number of amides is 1. The van der Waals surface area contributed by atoms with Crippen LogP contribution in [-0.2, 0) is 28.5 Å². The van der Waals surface area contributed by atoms with Gasteiger partial charge in [-0.1, -0.05) is 22.6 Å². The molecule has 1 aliphatic heterocycles. The van der Waals surface area contributed by atoms with Crippen LogP contribution in [-0.4, -0.2) is 64.1 Å². The Morgan fingerprint density at radius 2 is 1.89 bits per heavy atom. The minimum absolute atomic E-state index is 0.00128. The zero-order chi connectivity index (χ0) is 26.0. The zero-order valence-corrected chi connectivity index (χ0v) is 21.4. The first-order valence-corrected chi connectivity index (χ1v) is 11.5. The van der Waals surface area contributed by atoms with E-state index in [1.807, 2.05) is 0 Å². The van der Waals surface area contributed by atoms with E-state index < -0.39 is 50.8 Å². The molecule has 14 heteroatoms. The van der Waals surface area contributed by atoms with Gasteiger partial charge in [-0.2, -0.15) is 0 Å². The topological polar surface area (TPSA) is 144 Å². The van der Waals surface area contributed by atoms with Crippen molar-refractivity contribution >= 4 is 57.6 Å². The second-order valence-electron chi connectivity index (χ2n) is 8.95. The molecule has 1 saturated carbocycles. The highest BCUT2D eigenvalue weighted by Crippen LogP contribution is 2.74. The maximum absolute atomic E-state index is 15.9. The molecule has 1 aliphatic carbocycles. The summed E-state index contributed by atoms with van der Waals surface area (Å²) >= 11 is 1.69. The molecule has 186 valence electrons. The number of ether oxygens (including phenoxy) is 4. The first-order chi connectivity index (χ1) is 16.2. The Balaban J connectivity index is 1.81. The van der Waals surface area contributed by atoms with Crippen molar-refractivity contribution in [3.63, 3.8) is 0 Å². The van der Waals surface area contributed by atoms with Crippen molar-refractivity contribution in [2.45, 2.75) is 67.4 Å². The van der Waals surface area contributed by atoms with Crippen LogP contribution < -0.4 is 5.32 Å². The second-order valence-corrected chi connectivity index (χ2v) is 10.2. The molecule has 2 aromatic rings. The third kappa shape index (κ3) is 3.59. The van der Waals surface area contributed by atoms with Gasteiger partial charge in [0.1, 0.15) is 15.9 Å². The second kappa shape index (κ2) is 7.98.